The van der Waals surface area contributed by atoms with Gasteiger partial charge in [0.25, 0.3) is 0 Å². The molecule has 0 amide bonds. The Bertz CT molecular complexity index is 449. The molecule has 0 bridgehead atoms. The number of aromatic nitrogens is 1. The largest absolute Gasteiger partial charge is 0.462 e. The van der Waals surface area contributed by atoms with E-state index in [2.05, 4.69) is 24.1 Å². The second kappa shape index (κ2) is 9.21. The average molecular weight is 293 g/mol. The maximum absolute atomic E-state index is 11.9. The van der Waals surface area contributed by atoms with E-state index in [1.54, 1.807) is 19.2 Å². The van der Waals surface area contributed by atoms with Crippen LogP contribution in [0.5, 0.6) is 0 Å². The first-order chi connectivity index (χ1) is 10.1. The van der Waals surface area contributed by atoms with Crippen LogP contribution in [0.15, 0.2) is 12.3 Å². The molecular formula is C16H27N3O2. The molecule has 1 aromatic rings. The van der Waals surface area contributed by atoms with Crippen molar-refractivity contribution in [2.75, 3.05) is 17.7 Å². The minimum Gasteiger partial charge on any atom is -0.462 e. The molecule has 0 aromatic carbocycles. The van der Waals surface area contributed by atoms with Crippen LogP contribution in [0, 0.1) is 0 Å². The molecule has 1 unspecified atom stereocenters. The highest BCUT2D eigenvalue weighted by atomic mass is 16.5. The van der Waals surface area contributed by atoms with Crippen molar-refractivity contribution in [2.24, 2.45) is 0 Å². The second-order valence-corrected chi connectivity index (χ2v) is 5.28. The van der Waals surface area contributed by atoms with Crippen molar-refractivity contribution in [1.29, 1.82) is 0 Å². The minimum atomic E-state index is -0.391. The number of carbonyl (C=O) groups is 1. The number of nitrogens with zero attached hydrogens (tertiary/aromatic N) is 1. The highest BCUT2D eigenvalue weighted by Gasteiger charge is 2.16. The van der Waals surface area contributed by atoms with Crippen LogP contribution in [-0.4, -0.2) is 23.6 Å². The fourth-order valence-electron chi connectivity index (χ4n) is 2.14. The Morgan fingerprint density at radius 2 is 2.14 bits per heavy atom. The first-order valence-electron chi connectivity index (χ1n) is 7.77. The SMILES string of the molecule is CCCCCCC(C)Nc1ncc(N)cc1C(=O)OCC. The van der Waals surface area contributed by atoms with Gasteiger partial charge in [0.15, 0.2) is 0 Å². The zero-order chi connectivity index (χ0) is 15.7. The van der Waals surface area contributed by atoms with Crippen molar-refractivity contribution in [1.82, 2.24) is 4.98 Å². The van der Waals surface area contributed by atoms with E-state index in [9.17, 15) is 4.79 Å². The number of pyridine rings is 1. The van der Waals surface area contributed by atoms with E-state index in [1.165, 1.54) is 25.7 Å². The topological polar surface area (TPSA) is 77.2 Å². The lowest BCUT2D eigenvalue weighted by Gasteiger charge is -2.17. The summed E-state index contributed by atoms with van der Waals surface area (Å²) in [5.41, 5.74) is 6.57. The quantitative estimate of drug-likeness (QED) is 0.537. The van der Waals surface area contributed by atoms with Crippen LogP contribution in [0.4, 0.5) is 11.5 Å². The molecule has 0 saturated carbocycles. The Hall–Kier alpha value is -1.78. The molecule has 0 aliphatic rings. The molecule has 21 heavy (non-hydrogen) atoms. The van der Waals surface area contributed by atoms with E-state index in [1.807, 2.05) is 0 Å². The number of nitrogens with two attached hydrogens (primary N) is 1. The van der Waals surface area contributed by atoms with Crippen molar-refractivity contribution in [2.45, 2.75) is 58.9 Å². The average Bonchev–Trinajstić information content (AvgIpc) is 2.46. The van der Waals surface area contributed by atoms with E-state index in [0.29, 0.717) is 23.7 Å². The Labute approximate surface area is 127 Å². The van der Waals surface area contributed by atoms with Crippen LogP contribution < -0.4 is 11.1 Å². The molecule has 5 nitrogen and oxygen atoms in total. The lowest BCUT2D eigenvalue weighted by Crippen LogP contribution is -2.19. The molecule has 0 saturated heterocycles. The molecule has 1 rings (SSSR count). The molecule has 0 radical (unpaired) electrons. The smallest absolute Gasteiger partial charge is 0.341 e. The molecule has 3 N–H and O–H groups in total. The Morgan fingerprint density at radius 1 is 1.38 bits per heavy atom. The van der Waals surface area contributed by atoms with Gasteiger partial charge in [-0.1, -0.05) is 32.6 Å². The van der Waals surface area contributed by atoms with Gasteiger partial charge in [-0.15, -0.1) is 0 Å². The molecule has 1 aromatic heterocycles. The predicted molar refractivity (Wildman–Crippen MR) is 86.4 cm³/mol. The number of carbonyl (C=O) groups excluding carboxylic acids is 1. The number of unbranched alkanes of at least 4 members (excludes halogenated alkanes) is 3. The van der Waals surface area contributed by atoms with E-state index in [0.717, 1.165) is 6.42 Å². The highest BCUT2D eigenvalue weighted by Crippen LogP contribution is 2.19. The van der Waals surface area contributed by atoms with E-state index in [-0.39, 0.29) is 6.04 Å². The summed E-state index contributed by atoms with van der Waals surface area (Å²) < 4.78 is 5.04. The van der Waals surface area contributed by atoms with Crippen LogP contribution in [0.1, 0.15) is 63.2 Å². The maximum atomic E-state index is 11.9. The van der Waals surface area contributed by atoms with Gasteiger partial charge >= 0.3 is 5.97 Å². The molecular weight excluding hydrogens is 266 g/mol. The number of anilines is 2. The van der Waals surface area contributed by atoms with Gasteiger partial charge < -0.3 is 15.8 Å². The minimum absolute atomic E-state index is 0.256. The van der Waals surface area contributed by atoms with Crippen molar-refractivity contribution >= 4 is 17.5 Å². The normalized spacial score (nSPS) is 12.0. The zero-order valence-electron chi connectivity index (χ0n) is 13.3. The summed E-state index contributed by atoms with van der Waals surface area (Å²) in [6.07, 6.45) is 7.51. The lowest BCUT2D eigenvalue weighted by atomic mass is 10.1. The van der Waals surface area contributed by atoms with Crippen molar-refractivity contribution in [3.8, 4) is 0 Å². The highest BCUT2D eigenvalue weighted by molar-refractivity contribution is 5.95. The van der Waals surface area contributed by atoms with Gasteiger partial charge in [0.1, 0.15) is 11.4 Å². The zero-order valence-corrected chi connectivity index (χ0v) is 13.3. The fraction of sp³-hybridized carbons (Fsp3) is 0.625. The second-order valence-electron chi connectivity index (χ2n) is 5.28. The molecule has 0 fully saturated rings. The molecule has 1 atom stereocenters. The number of hydrogen-bond donors (Lipinski definition) is 2. The standard InChI is InChI=1S/C16H27N3O2/c1-4-6-7-8-9-12(3)19-15-14(16(20)21-5-2)10-13(17)11-18-15/h10-12H,4-9,17H2,1-3H3,(H,18,19). The van der Waals surface area contributed by atoms with Crippen molar-refractivity contribution in [3.63, 3.8) is 0 Å². The summed E-state index contributed by atoms with van der Waals surface area (Å²) in [6.45, 7) is 6.41. The first-order valence-corrected chi connectivity index (χ1v) is 7.77. The molecule has 118 valence electrons. The lowest BCUT2D eigenvalue weighted by molar-refractivity contribution is 0.0527. The molecule has 0 aliphatic carbocycles. The van der Waals surface area contributed by atoms with Crippen LogP contribution >= 0.6 is 0 Å². The first kappa shape index (κ1) is 17.3. The van der Waals surface area contributed by atoms with Crippen LogP contribution in [0.25, 0.3) is 0 Å². The van der Waals surface area contributed by atoms with E-state index < -0.39 is 5.97 Å². The third-order valence-electron chi connectivity index (χ3n) is 3.28. The van der Waals surface area contributed by atoms with Crippen LogP contribution in [-0.2, 0) is 4.74 Å². The number of rotatable bonds is 9. The number of nitrogen functional groups attached to an aromatic ring is 1. The summed E-state index contributed by atoms with van der Waals surface area (Å²) in [7, 11) is 0. The summed E-state index contributed by atoms with van der Waals surface area (Å²) in [6, 6.07) is 1.86. The molecule has 5 heteroatoms. The van der Waals surface area contributed by atoms with Crippen LogP contribution in [0.2, 0.25) is 0 Å². The fourth-order valence-corrected chi connectivity index (χ4v) is 2.14. The number of esters is 1. The van der Waals surface area contributed by atoms with Gasteiger partial charge in [-0.2, -0.15) is 0 Å². The van der Waals surface area contributed by atoms with Crippen molar-refractivity contribution < 1.29 is 9.53 Å². The van der Waals surface area contributed by atoms with Gasteiger partial charge in [0, 0.05) is 6.04 Å². The summed E-state index contributed by atoms with van der Waals surface area (Å²) in [5, 5.41) is 3.29. The summed E-state index contributed by atoms with van der Waals surface area (Å²) in [4.78, 5) is 16.2. The summed E-state index contributed by atoms with van der Waals surface area (Å²) >= 11 is 0. The Morgan fingerprint density at radius 3 is 2.81 bits per heavy atom. The van der Waals surface area contributed by atoms with Crippen molar-refractivity contribution in [3.05, 3.63) is 17.8 Å². The van der Waals surface area contributed by atoms with Gasteiger partial charge in [-0.05, 0) is 26.3 Å². The predicted octanol–water partition coefficient (Wildman–Crippen LogP) is 3.61. The van der Waals surface area contributed by atoms with Crippen LogP contribution in [0.3, 0.4) is 0 Å². The Balaban J connectivity index is 2.66. The monoisotopic (exact) mass is 293 g/mol. The molecule has 0 spiro atoms. The van der Waals surface area contributed by atoms with Gasteiger partial charge in [0.05, 0.1) is 18.5 Å². The third kappa shape index (κ3) is 6.02. The molecule has 1 heterocycles. The number of nitrogens with one attached hydrogen (secondary N) is 1. The maximum Gasteiger partial charge on any atom is 0.341 e. The number of hydrogen-bond acceptors (Lipinski definition) is 5. The third-order valence-corrected chi connectivity index (χ3v) is 3.28. The van der Waals surface area contributed by atoms with Gasteiger partial charge in [0.2, 0.25) is 0 Å². The van der Waals surface area contributed by atoms with E-state index >= 15 is 0 Å². The van der Waals surface area contributed by atoms with Gasteiger partial charge in [-0.3, -0.25) is 0 Å². The summed E-state index contributed by atoms with van der Waals surface area (Å²) in [5.74, 6) is 0.156. The van der Waals surface area contributed by atoms with Gasteiger partial charge in [-0.25, -0.2) is 9.78 Å². The Kier molecular flexibility index (Phi) is 7.58. The molecule has 0 aliphatic heterocycles. The van der Waals surface area contributed by atoms with E-state index in [4.69, 9.17) is 10.5 Å². The number of ether oxygens (including phenoxy) is 1.